The van der Waals surface area contributed by atoms with Crippen LogP contribution in [0.5, 0.6) is 0 Å². The molecule has 67 heavy (non-hydrogen) atoms. The fourth-order valence-electron chi connectivity index (χ4n) is 10.5. The van der Waals surface area contributed by atoms with Gasteiger partial charge in [-0.2, -0.15) is 0 Å². The lowest BCUT2D eigenvalue weighted by atomic mass is 10.0. The first-order valence-corrected chi connectivity index (χ1v) is 23.6. The predicted octanol–water partition coefficient (Wildman–Crippen LogP) is 9.28. The van der Waals surface area contributed by atoms with Gasteiger partial charge in [-0.25, -0.2) is 19.6 Å². The van der Waals surface area contributed by atoms with Crippen molar-refractivity contribution in [1.29, 1.82) is 0 Å². The van der Waals surface area contributed by atoms with Crippen LogP contribution in [-0.4, -0.2) is 93.1 Å². The Morgan fingerprint density at radius 1 is 0.582 bits per heavy atom. The van der Waals surface area contributed by atoms with E-state index in [9.17, 15) is 19.2 Å². The van der Waals surface area contributed by atoms with E-state index in [-0.39, 0.29) is 47.8 Å². The summed E-state index contributed by atoms with van der Waals surface area (Å²) < 4.78 is 9.67. The molecule has 15 nitrogen and oxygen atoms in total. The van der Waals surface area contributed by atoms with Crippen molar-refractivity contribution in [2.24, 2.45) is 11.8 Å². The number of hydrogen-bond donors (Lipinski definition) is 4. The number of aromatic amines is 2. The maximum Gasteiger partial charge on any atom is 0.407 e. The molecule has 3 aliphatic heterocycles. The van der Waals surface area contributed by atoms with Crippen molar-refractivity contribution in [1.82, 2.24) is 40.4 Å². The van der Waals surface area contributed by atoms with Gasteiger partial charge in [-0.3, -0.25) is 9.59 Å². The molecule has 0 bridgehead atoms. The van der Waals surface area contributed by atoms with Gasteiger partial charge in [0.05, 0.1) is 60.5 Å². The number of nitrogens with one attached hydrogen (secondary N) is 4. The second-order valence-electron chi connectivity index (χ2n) is 18.8. The second-order valence-corrected chi connectivity index (χ2v) is 18.8. The van der Waals surface area contributed by atoms with Crippen LogP contribution < -0.4 is 15.5 Å². The summed E-state index contributed by atoms with van der Waals surface area (Å²) in [5.74, 6) is 0.953. The standard InChI is InChI=1S/C52H61N9O6/c1-30(2)45(57-51(64)66-5)49(62)59-26-10-14-43(59)47-53-37-22-18-34(28-39(37)55-47)41-24-25-42(61(41)36-20-16-33(17-21-36)32-12-8-7-9-13-32)35-19-23-38-40(29-35)56-48(54-38)44-15-11-27-60(44)50(63)46(31(3)4)58-52(65)67-6/h7-9,12-13,16-23,28-31,41-46H,10-11,14-15,24-27H2,1-6H3,(H,53,55)(H,54,56)(H,57,64)(H,58,65)/t41-,42-,43+,44+,45+,46+/m1/s1. The summed E-state index contributed by atoms with van der Waals surface area (Å²) in [7, 11) is 2.60. The minimum atomic E-state index is -0.711. The fourth-order valence-corrected chi connectivity index (χ4v) is 10.5. The van der Waals surface area contributed by atoms with E-state index in [1.165, 1.54) is 14.2 Å². The first kappa shape index (κ1) is 45.3. The summed E-state index contributed by atoms with van der Waals surface area (Å²) in [6.45, 7) is 8.83. The van der Waals surface area contributed by atoms with Gasteiger partial charge in [0.1, 0.15) is 23.7 Å². The van der Waals surface area contributed by atoms with Crippen LogP contribution in [0.25, 0.3) is 33.2 Å². The van der Waals surface area contributed by atoms with Gasteiger partial charge < -0.3 is 44.8 Å². The monoisotopic (exact) mass is 907 g/mol. The molecule has 0 spiro atoms. The number of H-pyrrole nitrogens is 2. The largest absolute Gasteiger partial charge is 0.453 e. The summed E-state index contributed by atoms with van der Waals surface area (Å²) in [5.41, 5.74) is 9.21. The lowest BCUT2D eigenvalue weighted by molar-refractivity contribution is -0.136. The highest BCUT2D eigenvalue weighted by atomic mass is 16.5. The number of fused-ring (bicyclic) bond motifs is 2. The maximum atomic E-state index is 13.9. The van der Waals surface area contributed by atoms with Gasteiger partial charge in [-0.05, 0) is 109 Å². The van der Waals surface area contributed by atoms with Gasteiger partial charge in [-0.15, -0.1) is 0 Å². The Hall–Kier alpha value is -6.90. The summed E-state index contributed by atoms with van der Waals surface area (Å²) >= 11 is 0. The van der Waals surface area contributed by atoms with Crippen molar-refractivity contribution in [3.05, 3.63) is 114 Å². The average molecular weight is 908 g/mol. The molecule has 0 unspecified atom stereocenters. The number of imidazole rings is 2. The van der Waals surface area contributed by atoms with Gasteiger partial charge in [0, 0.05) is 18.8 Å². The molecular weight excluding hydrogens is 847 g/mol. The Morgan fingerprint density at radius 2 is 1.03 bits per heavy atom. The number of rotatable bonds is 12. The van der Waals surface area contributed by atoms with E-state index < -0.39 is 24.3 Å². The Morgan fingerprint density at radius 3 is 1.46 bits per heavy atom. The first-order valence-electron chi connectivity index (χ1n) is 23.6. The molecule has 3 aliphatic rings. The van der Waals surface area contributed by atoms with Crippen LogP contribution in [-0.2, 0) is 19.1 Å². The average Bonchev–Trinajstić information content (AvgIpc) is 4.20. The molecule has 4 amide bonds. The highest BCUT2D eigenvalue weighted by Gasteiger charge is 2.40. The van der Waals surface area contributed by atoms with Crippen LogP contribution in [0.1, 0.15) is 113 Å². The Balaban J connectivity index is 1.02. The molecule has 0 radical (unpaired) electrons. The molecular formula is C52H61N9O6. The van der Waals surface area contributed by atoms with Crippen LogP contribution in [0.4, 0.5) is 15.3 Å². The van der Waals surface area contributed by atoms with E-state index >= 15 is 0 Å². The zero-order valence-corrected chi connectivity index (χ0v) is 39.1. The van der Waals surface area contributed by atoms with Crippen molar-refractivity contribution in [2.75, 3.05) is 32.2 Å². The molecule has 0 aliphatic carbocycles. The molecule has 3 fully saturated rings. The Kier molecular flexibility index (Phi) is 12.9. The van der Waals surface area contributed by atoms with Gasteiger partial charge in [0.2, 0.25) is 11.8 Å². The number of carbonyl (C=O) groups is 4. The number of aromatic nitrogens is 4. The smallest absolute Gasteiger partial charge is 0.407 e. The quantitative estimate of drug-likeness (QED) is 0.0932. The number of benzene rings is 4. The Labute approximate surface area is 391 Å². The third-order valence-corrected chi connectivity index (χ3v) is 14.0. The van der Waals surface area contributed by atoms with Gasteiger partial charge in [0.15, 0.2) is 0 Å². The predicted molar refractivity (Wildman–Crippen MR) is 257 cm³/mol. The zero-order chi connectivity index (χ0) is 46.9. The SMILES string of the molecule is COC(=O)N[C@H](C(=O)N1CCC[C@H]1c1nc2cc([C@H]3CC[C@H](c4ccc5[nH]c([C@@H]6CCCN6C(=O)[C@@H](NC(=O)OC)C(C)C)nc5c4)N3c3ccc(-c4ccccc4)cc3)ccc2[nH]1)C(C)C. The molecule has 0 saturated carbocycles. The summed E-state index contributed by atoms with van der Waals surface area (Å²) in [6, 6.07) is 30.4. The lowest BCUT2D eigenvalue weighted by Crippen LogP contribution is -2.51. The fraction of sp³-hybridized carbons (Fsp3) is 0.423. The normalized spacial score (nSPS) is 20.5. The number of methoxy groups -OCH3 is 2. The molecule has 6 atom stereocenters. The van der Waals surface area contributed by atoms with Crippen LogP contribution in [0.2, 0.25) is 0 Å². The number of likely N-dealkylation sites (tertiary alicyclic amines) is 2. The maximum absolute atomic E-state index is 13.9. The molecule has 15 heteroatoms. The van der Waals surface area contributed by atoms with E-state index in [2.05, 4.69) is 110 Å². The first-order chi connectivity index (χ1) is 32.4. The van der Waals surface area contributed by atoms with Crippen molar-refractivity contribution >= 4 is 51.8 Å². The highest BCUT2D eigenvalue weighted by Crippen LogP contribution is 2.48. The van der Waals surface area contributed by atoms with Gasteiger partial charge >= 0.3 is 12.2 Å². The number of anilines is 1. The number of alkyl carbamates (subject to hydrolysis) is 2. The van der Waals surface area contributed by atoms with Gasteiger partial charge in [-0.1, -0.05) is 82.3 Å². The molecule has 9 rings (SSSR count). The van der Waals surface area contributed by atoms with Crippen molar-refractivity contribution in [3.8, 4) is 11.1 Å². The third kappa shape index (κ3) is 9.03. The molecule has 350 valence electrons. The Bertz CT molecular complexity index is 2600. The number of hydrogen-bond acceptors (Lipinski definition) is 9. The molecule has 2 aromatic heterocycles. The van der Waals surface area contributed by atoms with Gasteiger partial charge in [0.25, 0.3) is 0 Å². The molecule has 5 heterocycles. The minimum Gasteiger partial charge on any atom is -0.453 e. The van der Waals surface area contributed by atoms with Crippen LogP contribution >= 0.6 is 0 Å². The van der Waals surface area contributed by atoms with Crippen molar-refractivity contribution < 1.29 is 28.7 Å². The summed E-state index contributed by atoms with van der Waals surface area (Å²) in [6.07, 6.45) is 3.77. The summed E-state index contributed by atoms with van der Waals surface area (Å²) in [4.78, 5) is 75.8. The zero-order valence-electron chi connectivity index (χ0n) is 39.1. The van der Waals surface area contributed by atoms with E-state index in [0.717, 1.165) is 100 Å². The van der Waals surface area contributed by atoms with Crippen LogP contribution in [0, 0.1) is 11.8 Å². The molecule has 4 aromatic carbocycles. The van der Waals surface area contributed by atoms with E-state index in [1.807, 2.05) is 43.6 Å². The molecule has 4 N–H and O–H groups in total. The van der Waals surface area contributed by atoms with Crippen molar-refractivity contribution in [3.63, 3.8) is 0 Å². The number of amides is 4. The van der Waals surface area contributed by atoms with E-state index in [4.69, 9.17) is 19.4 Å². The number of carbonyl (C=O) groups excluding carboxylic acids is 4. The summed E-state index contributed by atoms with van der Waals surface area (Å²) in [5, 5.41) is 5.49. The van der Waals surface area contributed by atoms with E-state index in [0.29, 0.717) is 13.1 Å². The number of nitrogens with zero attached hydrogens (tertiary/aromatic N) is 5. The topological polar surface area (TPSA) is 178 Å². The van der Waals surface area contributed by atoms with Crippen LogP contribution in [0.15, 0.2) is 91.0 Å². The van der Waals surface area contributed by atoms with E-state index in [1.54, 1.807) is 0 Å². The second kappa shape index (κ2) is 19.1. The van der Waals surface area contributed by atoms with Crippen LogP contribution in [0.3, 0.4) is 0 Å². The minimum absolute atomic E-state index is 0.0360. The lowest BCUT2D eigenvalue weighted by Gasteiger charge is -2.33. The number of ether oxygens (including phenoxy) is 2. The van der Waals surface area contributed by atoms with Crippen molar-refractivity contribution in [2.45, 2.75) is 102 Å². The third-order valence-electron chi connectivity index (χ3n) is 14.0. The molecule has 3 saturated heterocycles. The molecule has 6 aromatic rings. The highest BCUT2D eigenvalue weighted by molar-refractivity contribution is 5.88.